The zero-order valence-electron chi connectivity index (χ0n) is 16.2. The number of rotatable bonds is 8. The summed E-state index contributed by atoms with van der Waals surface area (Å²) >= 11 is 0. The van der Waals surface area contributed by atoms with Crippen molar-refractivity contribution in [2.75, 3.05) is 20.2 Å². The number of guanidine groups is 1. The van der Waals surface area contributed by atoms with E-state index < -0.39 is 12.8 Å². The Balaban J connectivity index is 1.90. The van der Waals surface area contributed by atoms with Gasteiger partial charge in [-0.1, -0.05) is 19.1 Å². The first-order valence-electron chi connectivity index (χ1n) is 8.92. The summed E-state index contributed by atoms with van der Waals surface area (Å²) in [5, 5.41) is 14.2. The van der Waals surface area contributed by atoms with Crippen molar-refractivity contribution in [1.82, 2.24) is 25.4 Å². The predicted octanol–water partition coefficient (Wildman–Crippen LogP) is 2.46. The number of aryl methyl sites for hydroxylation is 2. The second-order valence-corrected chi connectivity index (χ2v) is 6.16. The molecule has 0 radical (unpaired) electrons. The summed E-state index contributed by atoms with van der Waals surface area (Å²) < 4.78 is 44.3. The van der Waals surface area contributed by atoms with Crippen LogP contribution in [0.4, 0.5) is 13.2 Å². The lowest BCUT2D eigenvalue weighted by Gasteiger charge is -2.16. The minimum atomic E-state index is -4.38. The Labute approximate surface area is 162 Å². The summed E-state index contributed by atoms with van der Waals surface area (Å²) in [6.07, 6.45) is -1.92. The average molecular weight is 398 g/mol. The van der Waals surface area contributed by atoms with Crippen LogP contribution in [-0.2, 0) is 19.5 Å². The van der Waals surface area contributed by atoms with Gasteiger partial charge in [0.05, 0.1) is 0 Å². The molecule has 0 aliphatic carbocycles. The van der Waals surface area contributed by atoms with Crippen LogP contribution in [0.1, 0.15) is 23.9 Å². The summed E-state index contributed by atoms with van der Waals surface area (Å²) in [6, 6.07) is 5.16. The van der Waals surface area contributed by atoms with Gasteiger partial charge in [-0.2, -0.15) is 13.2 Å². The zero-order chi connectivity index (χ0) is 20.6. The molecule has 0 atom stereocenters. The number of nitrogens with zero attached hydrogens (tertiary/aromatic N) is 4. The van der Waals surface area contributed by atoms with E-state index in [1.165, 1.54) is 0 Å². The molecular weight excluding hydrogens is 373 g/mol. The fourth-order valence-electron chi connectivity index (χ4n) is 2.54. The number of hydrogen-bond acceptors (Lipinski definition) is 4. The number of ether oxygens (including phenoxy) is 1. The SMILES string of the molecule is CCc1nncn1CCNC(=NC)NCc1ccc(C)cc1OCC(F)(F)F. The number of alkyl halides is 3. The van der Waals surface area contributed by atoms with Gasteiger partial charge in [0.15, 0.2) is 12.6 Å². The average Bonchev–Trinajstić information content (AvgIpc) is 3.10. The highest BCUT2D eigenvalue weighted by atomic mass is 19.4. The Kier molecular flexibility index (Phi) is 7.65. The van der Waals surface area contributed by atoms with Crippen LogP contribution >= 0.6 is 0 Å². The molecule has 1 aromatic heterocycles. The molecule has 2 rings (SSSR count). The summed E-state index contributed by atoms with van der Waals surface area (Å²) in [6.45, 7) is 4.02. The molecule has 0 unspecified atom stereocenters. The molecule has 2 aromatic rings. The van der Waals surface area contributed by atoms with E-state index in [1.54, 1.807) is 32.4 Å². The number of nitrogens with one attached hydrogen (secondary N) is 2. The zero-order valence-corrected chi connectivity index (χ0v) is 16.2. The molecule has 0 fully saturated rings. The van der Waals surface area contributed by atoms with Crippen molar-refractivity contribution in [2.24, 2.45) is 4.99 Å². The third-order valence-corrected chi connectivity index (χ3v) is 3.94. The van der Waals surface area contributed by atoms with Crippen LogP contribution in [0.5, 0.6) is 5.75 Å². The van der Waals surface area contributed by atoms with Crippen molar-refractivity contribution in [3.8, 4) is 5.75 Å². The quantitative estimate of drug-likeness (QED) is 0.528. The second kappa shape index (κ2) is 9.95. The van der Waals surface area contributed by atoms with E-state index in [0.717, 1.165) is 17.8 Å². The van der Waals surface area contributed by atoms with Gasteiger partial charge in [0.1, 0.15) is 17.9 Å². The van der Waals surface area contributed by atoms with Crippen LogP contribution in [0.3, 0.4) is 0 Å². The first-order valence-corrected chi connectivity index (χ1v) is 8.92. The van der Waals surface area contributed by atoms with Crippen LogP contribution in [0.15, 0.2) is 29.5 Å². The molecular formula is C18H25F3N6O. The molecule has 0 spiro atoms. The maximum absolute atomic E-state index is 12.5. The van der Waals surface area contributed by atoms with Gasteiger partial charge in [-0.05, 0) is 18.6 Å². The summed E-state index contributed by atoms with van der Waals surface area (Å²) in [5.41, 5.74) is 1.44. The van der Waals surface area contributed by atoms with Gasteiger partial charge in [0.25, 0.3) is 0 Å². The lowest BCUT2D eigenvalue weighted by atomic mass is 10.1. The van der Waals surface area contributed by atoms with E-state index in [-0.39, 0.29) is 12.3 Å². The molecule has 7 nitrogen and oxygen atoms in total. The smallest absolute Gasteiger partial charge is 0.422 e. The summed E-state index contributed by atoms with van der Waals surface area (Å²) in [4.78, 5) is 4.13. The molecule has 0 saturated carbocycles. The third-order valence-electron chi connectivity index (χ3n) is 3.94. The summed E-state index contributed by atoms with van der Waals surface area (Å²) in [5.74, 6) is 1.64. The van der Waals surface area contributed by atoms with Gasteiger partial charge < -0.3 is 19.9 Å². The molecule has 1 heterocycles. The van der Waals surface area contributed by atoms with Crippen LogP contribution in [-0.4, -0.2) is 47.1 Å². The molecule has 2 N–H and O–H groups in total. The largest absolute Gasteiger partial charge is 0.484 e. The van der Waals surface area contributed by atoms with Crippen molar-refractivity contribution >= 4 is 5.96 Å². The fourth-order valence-corrected chi connectivity index (χ4v) is 2.54. The Hall–Kier alpha value is -2.78. The Morgan fingerprint density at radius 2 is 2.07 bits per heavy atom. The van der Waals surface area contributed by atoms with Gasteiger partial charge in [-0.3, -0.25) is 4.99 Å². The van der Waals surface area contributed by atoms with Gasteiger partial charge in [-0.15, -0.1) is 10.2 Å². The molecule has 10 heteroatoms. The number of benzene rings is 1. The Morgan fingerprint density at radius 3 is 2.75 bits per heavy atom. The van der Waals surface area contributed by atoms with Gasteiger partial charge >= 0.3 is 6.18 Å². The molecule has 0 amide bonds. The second-order valence-electron chi connectivity index (χ2n) is 6.16. The van der Waals surface area contributed by atoms with Crippen molar-refractivity contribution < 1.29 is 17.9 Å². The van der Waals surface area contributed by atoms with E-state index in [2.05, 4.69) is 25.8 Å². The lowest BCUT2D eigenvalue weighted by Crippen LogP contribution is -2.38. The molecule has 154 valence electrons. The number of halogens is 3. The number of aromatic nitrogens is 3. The lowest BCUT2D eigenvalue weighted by molar-refractivity contribution is -0.153. The Morgan fingerprint density at radius 1 is 1.29 bits per heavy atom. The first-order chi connectivity index (χ1) is 13.3. The maximum Gasteiger partial charge on any atom is 0.422 e. The van der Waals surface area contributed by atoms with Crippen molar-refractivity contribution in [2.45, 2.75) is 39.5 Å². The first kappa shape index (κ1) is 21.5. The predicted molar refractivity (Wildman–Crippen MR) is 100 cm³/mol. The highest BCUT2D eigenvalue weighted by Gasteiger charge is 2.28. The molecule has 0 saturated heterocycles. The van der Waals surface area contributed by atoms with Gasteiger partial charge in [0.2, 0.25) is 0 Å². The van der Waals surface area contributed by atoms with Gasteiger partial charge in [-0.25, -0.2) is 0 Å². The van der Waals surface area contributed by atoms with E-state index in [4.69, 9.17) is 4.74 Å². The number of aliphatic imine (C=N–C) groups is 1. The molecule has 0 aliphatic heterocycles. The molecule has 1 aromatic carbocycles. The highest BCUT2D eigenvalue weighted by molar-refractivity contribution is 5.79. The van der Waals surface area contributed by atoms with Crippen LogP contribution in [0.25, 0.3) is 0 Å². The van der Waals surface area contributed by atoms with E-state index in [0.29, 0.717) is 24.6 Å². The van der Waals surface area contributed by atoms with Gasteiger partial charge in [0, 0.05) is 38.7 Å². The minimum Gasteiger partial charge on any atom is -0.484 e. The summed E-state index contributed by atoms with van der Waals surface area (Å²) in [7, 11) is 1.63. The molecule has 28 heavy (non-hydrogen) atoms. The van der Waals surface area contributed by atoms with Crippen LogP contribution in [0, 0.1) is 6.92 Å². The molecule has 0 aliphatic rings. The Bertz CT molecular complexity index is 788. The fraction of sp³-hybridized carbons (Fsp3) is 0.500. The normalized spacial score (nSPS) is 12.1. The standard InChI is InChI=1S/C18H25F3N6O/c1-4-16-26-25-12-27(16)8-7-23-17(22-3)24-10-14-6-5-13(2)9-15(14)28-11-18(19,20)21/h5-6,9,12H,4,7-8,10-11H2,1-3H3,(H2,22,23,24). The van der Waals surface area contributed by atoms with Crippen molar-refractivity contribution in [3.05, 3.63) is 41.5 Å². The number of hydrogen-bond donors (Lipinski definition) is 2. The van der Waals surface area contributed by atoms with E-state index in [1.807, 2.05) is 17.6 Å². The van der Waals surface area contributed by atoms with Crippen LogP contribution in [0.2, 0.25) is 0 Å². The third kappa shape index (κ3) is 6.75. The maximum atomic E-state index is 12.5. The topological polar surface area (TPSA) is 76.4 Å². The van der Waals surface area contributed by atoms with E-state index >= 15 is 0 Å². The van der Waals surface area contributed by atoms with Crippen molar-refractivity contribution in [1.29, 1.82) is 0 Å². The van der Waals surface area contributed by atoms with Crippen LogP contribution < -0.4 is 15.4 Å². The van der Waals surface area contributed by atoms with E-state index in [9.17, 15) is 13.2 Å². The molecule has 0 bridgehead atoms. The monoisotopic (exact) mass is 398 g/mol. The minimum absolute atomic E-state index is 0.206. The highest BCUT2D eigenvalue weighted by Crippen LogP contribution is 2.23. The van der Waals surface area contributed by atoms with Crippen molar-refractivity contribution in [3.63, 3.8) is 0 Å².